The summed E-state index contributed by atoms with van der Waals surface area (Å²) in [5.41, 5.74) is 3.05. The van der Waals surface area contributed by atoms with Gasteiger partial charge in [0.05, 0.1) is 0 Å². The lowest BCUT2D eigenvalue weighted by Gasteiger charge is -2.30. The van der Waals surface area contributed by atoms with E-state index in [4.69, 9.17) is 4.74 Å². The molecular formula is C22H27BrN2O3. The fraction of sp³-hybridized carbons (Fsp3) is 0.364. The molecule has 150 valence electrons. The summed E-state index contributed by atoms with van der Waals surface area (Å²) in [6.45, 7) is 6.08. The summed E-state index contributed by atoms with van der Waals surface area (Å²) in [6, 6.07) is 12.9. The molecule has 0 saturated carbocycles. The third-order valence-electron chi connectivity index (χ3n) is 4.60. The van der Waals surface area contributed by atoms with Crippen molar-refractivity contribution >= 4 is 27.7 Å². The highest BCUT2D eigenvalue weighted by molar-refractivity contribution is 9.10. The molecule has 5 nitrogen and oxygen atoms in total. The molecular weight excluding hydrogens is 420 g/mol. The Morgan fingerprint density at radius 1 is 1.14 bits per heavy atom. The van der Waals surface area contributed by atoms with Gasteiger partial charge in [0.25, 0.3) is 5.91 Å². The Morgan fingerprint density at radius 2 is 1.75 bits per heavy atom. The van der Waals surface area contributed by atoms with Crippen molar-refractivity contribution in [2.45, 2.75) is 39.8 Å². The number of halogens is 1. The molecule has 0 heterocycles. The lowest BCUT2D eigenvalue weighted by Crippen LogP contribution is -2.49. The number of nitrogens with one attached hydrogen (secondary N) is 1. The Morgan fingerprint density at radius 3 is 2.29 bits per heavy atom. The normalized spacial score (nSPS) is 11.6. The molecule has 0 aliphatic carbocycles. The van der Waals surface area contributed by atoms with Crippen LogP contribution in [0, 0.1) is 13.8 Å². The predicted molar refractivity (Wildman–Crippen MR) is 114 cm³/mol. The van der Waals surface area contributed by atoms with E-state index >= 15 is 0 Å². The molecule has 0 saturated heterocycles. The first-order chi connectivity index (χ1) is 13.4. The standard InChI is InChI=1S/C22H27BrN2O3/c1-5-19(22(27)24-4)25(13-17-9-7-6-8-10-17)20(26)14-28-18-11-15(2)21(23)16(3)12-18/h6-12,19H,5,13-14H2,1-4H3,(H,24,27). The van der Waals surface area contributed by atoms with Crippen molar-refractivity contribution in [2.24, 2.45) is 0 Å². The Bertz CT molecular complexity index is 801. The fourth-order valence-electron chi connectivity index (χ4n) is 3.08. The van der Waals surface area contributed by atoms with E-state index in [1.807, 2.05) is 63.2 Å². The van der Waals surface area contributed by atoms with Crippen molar-refractivity contribution in [3.8, 4) is 5.75 Å². The number of likely N-dealkylation sites (N-methyl/N-ethyl adjacent to an activating group) is 1. The summed E-state index contributed by atoms with van der Waals surface area (Å²) in [5.74, 6) is 0.235. The van der Waals surface area contributed by atoms with Crippen molar-refractivity contribution in [1.82, 2.24) is 10.2 Å². The highest BCUT2D eigenvalue weighted by atomic mass is 79.9. The maximum absolute atomic E-state index is 13.0. The number of hydrogen-bond acceptors (Lipinski definition) is 3. The fourth-order valence-corrected chi connectivity index (χ4v) is 3.31. The zero-order valence-electron chi connectivity index (χ0n) is 16.8. The molecule has 0 radical (unpaired) electrons. The van der Waals surface area contributed by atoms with Crippen LogP contribution in [0.3, 0.4) is 0 Å². The number of amides is 2. The third kappa shape index (κ3) is 5.58. The Kier molecular flexibility index (Phi) is 8.05. The van der Waals surface area contributed by atoms with Gasteiger partial charge in [0.15, 0.2) is 6.61 Å². The third-order valence-corrected chi connectivity index (χ3v) is 5.85. The molecule has 0 spiro atoms. The van der Waals surface area contributed by atoms with Crippen LogP contribution < -0.4 is 10.1 Å². The minimum Gasteiger partial charge on any atom is -0.484 e. The maximum atomic E-state index is 13.0. The van der Waals surface area contributed by atoms with Gasteiger partial charge in [-0.2, -0.15) is 0 Å². The minimum absolute atomic E-state index is 0.124. The van der Waals surface area contributed by atoms with Crippen molar-refractivity contribution in [3.63, 3.8) is 0 Å². The molecule has 0 aliphatic heterocycles. The number of ether oxygens (including phenoxy) is 1. The van der Waals surface area contributed by atoms with Gasteiger partial charge in [-0.3, -0.25) is 9.59 Å². The quantitative estimate of drug-likeness (QED) is 0.666. The lowest BCUT2D eigenvalue weighted by atomic mass is 10.1. The number of benzene rings is 2. The van der Waals surface area contributed by atoms with Crippen LogP contribution in [0.2, 0.25) is 0 Å². The number of rotatable bonds is 8. The van der Waals surface area contributed by atoms with Gasteiger partial charge in [0.1, 0.15) is 11.8 Å². The van der Waals surface area contributed by atoms with E-state index in [0.29, 0.717) is 18.7 Å². The number of carbonyl (C=O) groups is 2. The smallest absolute Gasteiger partial charge is 0.261 e. The maximum Gasteiger partial charge on any atom is 0.261 e. The zero-order chi connectivity index (χ0) is 20.7. The van der Waals surface area contributed by atoms with Gasteiger partial charge in [0.2, 0.25) is 5.91 Å². The number of hydrogen-bond donors (Lipinski definition) is 1. The molecule has 0 fully saturated rings. The van der Waals surface area contributed by atoms with Crippen molar-refractivity contribution < 1.29 is 14.3 Å². The van der Waals surface area contributed by atoms with E-state index in [-0.39, 0.29) is 18.4 Å². The van der Waals surface area contributed by atoms with Gasteiger partial charge in [-0.1, -0.05) is 53.2 Å². The lowest BCUT2D eigenvalue weighted by molar-refractivity contribution is -0.142. The summed E-state index contributed by atoms with van der Waals surface area (Å²) >= 11 is 3.53. The molecule has 2 amide bonds. The van der Waals surface area contributed by atoms with E-state index in [1.54, 1.807) is 11.9 Å². The molecule has 0 aromatic heterocycles. The average Bonchev–Trinajstić information content (AvgIpc) is 2.70. The molecule has 28 heavy (non-hydrogen) atoms. The van der Waals surface area contributed by atoms with Gasteiger partial charge in [-0.05, 0) is 49.1 Å². The highest BCUT2D eigenvalue weighted by Crippen LogP contribution is 2.26. The molecule has 2 rings (SSSR count). The second-order valence-corrected chi connectivity index (χ2v) is 7.50. The van der Waals surface area contributed by atoms with Crippen LogP contribution in [0.1, 0.15) is 30.0 Å². The van der Waals surface area contributed by atoms with Crippen LogP contribution in [0.25, 0.3) is 0 Å². The Labute approximate surface area is 175 Å². The van der Waals surface area contributed by atoms with Gasteiger partial charge in [-0.15, -0.1) is 0 Å². The number of carbonyl (C=O) groups excluding carboxylic acids is 2. The molecule has 0 aliphatic rings. The van der Waals surface area contributed by atoms with Crippen LogP contribution in [0.4, 0.5) is 0 Å². The Hall–Kier alpha value is -2.34. The summed E-state index contributed by atoms with van der Waals surface area (Å²) in [5, 5.41) is 2.65. The Balaban J connectivity index is 2.19. The van der Waals surface area contributed by atoms with Gasteiger partial charge < -0.3 is 15.0 Å². The first-order valence-electron chi connectivity index (χ1n) is 9.31. The van der Waals surface area contributed by atoms with Crippen LogP contribution in [0.5, 0.6) is 5.75 Å². The van der Waals surface area contributed by atoms with Gasteiger partial charge in [0, 0.05) is 18.1 Å². The summed E-state index contributed by atoms with van der Waals surface area (Å²) in [7, 11) is 1.58. The molecule has 2 aromatic rings. The molecule has 1 atom stereocenters. The number of nitrogens with zero attached hydrogens (tertiary/aromatic N) is 1. The molecule has 1 unspecified atom stereocenters. The second kappa shape index (κ2) is 10.3. The molecule has 1 N–H and O–H groups in total. The van der Waals surface area contributed by atoms with E-state index < -0.39 is 6.04 Å². The van der Waals surface area contributed by atoms with Crippen LogP contribution >= 0.6 is 15.9 Å². The largest absolute Gasteiger partial charge is 0.484 e. The van der Waals surface area contributed by atoms with E-state index in [9.17, 15) is 9.59 Å². The predicted octanol–water partition coefficient (Wildman–Crippen LogP) is 4.00. The van der Waals surface area contributed by atoms with Crippen LogP contribution in [-0.2, 0) is 16.1 Å². The van der Waals surface area contributed by atoms with Crippen molar-refractivity contribution in [2.75, 3.05) is 13.7 Å². The van der Waals surface area contributed by atoms with Gasteiger partial charge in [-0.25, -0.2) is 0 Å². The van der Waals surface area contributed by atoms with E-state index in [0.717, 1.165) is 21.2 Å². The first-order valence-corrected chi connectivity index (χ1v) is 10.1. The molecule has 6 heteroatoms. The zero-order valence-corrected chi connectivity index (χ0v) is 18.4. The molecule has 2 aromatic carbocycles. The topological polar surface area (TPSA) is 58.6 Å². The SMILES string of the molecule is CCC(C(=O)NC)N(Cc1ccccc1)C(=O)COc1cc(C)c(Br)c(C)c1. The van der Waals surface area contributed by atoms with Gasteiger partial charge >= 0.3 is 0 Å². The van der Waals surface area contributed by atoms with E-state index in [2.05, 4.69) is 21.2 Å². The van der Waals surface area contributed by atoms with Crippen LogP contribution in [-0.4, -0.2) is 36.4 Å². The average molecular weight is 447 g/mol. The molecule has 0 bridgehead atoms. The van der Waals surface area contributed by atoms with Crippen molar-refractivity contribution in [3.05, 3.63) is 63.6 Å². The summed E-state index contributed by atoms with van der Waals surface area (Å²) in [4.78, 5) is 26.9. The second-order valence-electron chi connectivity index (χ2n) is 6.71. The van der Waals surface area contributed by atoms with E-state index in [1.165, 1.54) is 0 Å². The summed E-state index contributed by atoms with van der Waals surface area (Å²) < 4.78 is 6.80. The van der Waals surface area contributed by atoms with Crippen molar-refractivity contribution in [1.29, 1.82) is 0 Å². The minimum atomic E-state index is -0.547. The summed E-state index contributed by atoms with van der Waals surface area (Å²) in [6.07, 6.45) is 0.523. The monoisotopic (exact) mass is 446 g/mol. The highest BCUT2D eigenvalue weighted by Gasteiger charge is 2.28. The number of aryl methyl sites for hydroxylation is 2. The first kappa shape index (κ1) is 22.0. The van der Waals surface area contributed by atoms with Crippen LogP contribution in [0.15, 0.2) is 46.9 Å².